The molecule has 7 nitrogen and oxygen atoms in total. The lowest BCUT2D eigenvalue weighted by Crippen LogP contribution is -2.40. The van der Waals surface area contributed by atoms with Crippen LogP contribution < -0.4 is 10.5 Å². The van der Waals surface area contributed by atoms with Gasteiger partial charge in [-0.3, -0.25) is 0 Å². The smallest absolute Gasteiger partial charge is 0.242 e. The van der Waals surface area contributed by atoms with Crippen LogP contribution in [0, 0.1) is 11.3 Å². The Morgan fingerprint density at radius 2 is 1.90 bits per heavy atom. The van der Waals surface area contributed by atoms with Gasteiger partial charge in [0.05, 0.1) is 28.8 Å². The first kappa shape index (κ1) is 15.8. The van der Waals surface area contributed by atoms with E-state index in [1.807, 2.05) is 6.07 Å². The topological polar surface area (TPSA) is 130 Å². The molecule has 0 bridgehead atoms. The molecule has 9 heteroatoms. The molecule has 0 spiro atoms. The molecule has 0 unspecified atom stereocenters. The molecule has 0 atom stereocenters. The summed E-state index contributed by atoms with van der Waals surface area (Å²) in [5.41, 5.74) is 5.93. The van der Waals surface area contributed by atoms with Gasteiger partial charge in [-0.1, -0.05) is 0 Å². The third kappa shape index (κ3) is 3.72. The molecule has 1 heterocycles. The molecule has 3 N–H and O–H groups in total. The number of sulfonamides is 1. The number of sulfone groups is 1. The van der Waals surface area contributed by atoms with Crippen molar-refractivity contribution in [2.24, 2.45) is 0 Å². The Bertz CT molecular complexity index is 780. The van der Waals surface area contributed by atoms with Crippen LogP contribution in [0.5, 0.6) is 0 Å². The molecule has 0 saturated carbocycles. The van der Waals surface area contributed by atoms with Gasteiger partial charge in [0.15, 0.2) is 0 Å². The fraction of sp³-hybridized carbons (Fsp3) is 0.417. The third-order valence-electron chi connectivity index (χ3n) is 3.30. The molecule has 1 aliphatic heterocycles. The summed E-state index contributed by atoms with van der Waals surface area (Å²) in [7, 11) is -6.88. The maximum absolute atomic E-state index is 12.3. The highest BCUT2D eigenvalue weighted by molar-refractivity contribution is 7.91. The van der Waals surface area contributed by atoms with Crippen LogP contribution in [0.1, 0.15) is 18.4 Å². The van der Waals surface area contributed by atoms with E-state index < -0.39 is 25.9 Å². The van der Waals surface area contributed by atoms with Gasteiger partial charge in [0.25, 0.3) is 0 Å². The molecule has 0 radical (unpaired) electrons. The minimum Gasteiger partial charge on any atom is -0.398 e. The second kappa shape index (κ2) is 5.63. The molecule has 1 aliphatic rings. The number of rotatable bonds is 3. The first-order chi connectivity index (χ1) is 9.73. The average Bonchev–Trinajstić information content (AvgIpc) is 2.40. The molecule has 0 aliphatic carbocycles. The minimum absolute atomic E-state index is 0.00928. The van der Waals surface area contributed by atoms with Gasteiger partial charge in [-0.05, 0) is 31.0 Å². The number of nitrogens with two attached hydrogens (primary N) is 1. The van der Waals surface area contributed by atoms with Gasteiger partial charge in [-0.25, -0.2) is 21.6 Å². The van der Waals surface area contributed by atoms with Crippen LogP contribution in [0.15, 0.2) is 23.1 Å². The van der Waals surface area contributed by atoms with Crippen LogP contribution in [-0.4, -0.2) is 34.4 Å². The Morgan fingerprint density at radius 3 is 2.43 bits per heavy atom. The van der Waals surface area contributed by atoms with Crippen molar-refractivity contribution in [3.05, 3.63) is 23.8 Å². The number of hydrogen-bond donors (Lipinski definition) is 2. The summed E-state index contributed by atoms with van der Waals surface area (Å²) >= 11 is 0. The lowest BCUT2D eigenvalue weighted by atomic mass is 10.2. The fourth-order valence-electron chi connectivity index (χ4n) is 2.15. The van der Waals surface area contributed by atoms with Crippen LogP contribution >= 0.6 is 0 Å². The van der Waals surface area contributed by atoms with E-state index in [0.717, 1.165) is 0 Å². The Balaban J connectivity index is 2.18. The minimum atomic E-state index is -3.83. The van der Waals surface area contributed by atoms with Crippen LogP contribution in [-0.2, 0) is 19.9 Å². The van der Waals surface area contributed by atoms with Gasteiger partial charge < -0.3 is 5.73 Å². The van der Waals surface area contributed by atoms with Gasteiger partial charge in [0.2, 0.25) is 10.0 Å². The number of hydrogen-bond acceptors (Lipinski definition) is 6. The SMILES string of the molecule is N#Cc1ccc(S(=O)(=O)NC2CCS(=O)(=O)CC2)c(N)c1. The Hall–Kier alpha value is -1.63. The number of nitrogens with one attached hydrogen (secondary N) is 1. The first-order valence-electron chi connectivity index (χ1n) is 6.26. The lowest BCUT2D eigenvalue weighted by Gasteiger charge is -2.23. The molecule has 1 aromatic rings. The zero-order valence-electron chi connectivity index (χ0n) is 11.1. The molecule has 0 aromatic heterocycles. The van der Waals surface area contributed by atoms with Gasteiger partial charge in [0.1, 0.15) is 14.7 Å². The highest BCUT2D eigenvalue weighted by Crippen LogP contribution is 2.21. The highest BCUT2D eigenvalue weighted by Gasteiger charge is 2.28. The van der Waals surface area contributed by atoms with E-state index >= 15 is 0 Å². The zero-order chi connectivity index (χ0) is 15.7. The molecular weight excluding hydrogens is 314 g/mol. The summed E-state index contributed by atoms with van der Waals surface area (Å²) < 4.78 is 49.6. The van der Waals surface area contributed by atoms with Crippen molar-refractivity contribution >= 4 is 25.5 Å². The fourth-order valence-corrected chi connectivity index (χ4v) is 5.06. The average molecular weight is 329 g/mol. The highest BCUT2D eigenvalue weighted by atomic mass is 32.2. The number of anilines is 1. The van der Waals surface area contributed by atoms with Crippen LogP contribution in [0.3, 0.4) is 0 Å². The molecule has 2 rings (SSSR count). The Labute approximate surface area is 123 Å². The molecule has 21 heavy (non-hydrogen) atoms. The second-order valence-corrected chi connectivity index (χ2v) is 8.90. The summed E-state index contributed by atoms with van der Waals surface area (Å²) in [4.78, 5) is -0.102. The number of nitrogens with zero attached hydrogens (tertiary/aromatic N) is 1. The van der Waals surface area contributed by atoms with Crippen molar-refractivity contribution in [1.29, 1.82) is 5.26 Å². The second-order valence-electron chi connectivity index (χ2n) is 4.91. The number of nitrogen functional groups attached to an aromatic ring is 1. The van der Waals surface area contributed by atoms with Gasteiger partial charge in [-0.2, -0.15) is 5.26 Å². The quantitative estimate of drug-likeness (QED) is 0.750. The van der Waals surface area contributed by atoms with Crippen molar-refractivity contribution in [2.45, 2.75) is 23.8 Å². The number of benzene rings is 1. The normalized spacial score (nSPS) is 19.0. The largest absolute Gasteiger partial charge is 0.398 e. The van der Waals surface area contributed by atoms with E-state index in [9.17, 15) is 16.8 Å². The molecular formula is C12H15N3O4S2. The maximum atomic E-state index is 12.3. The van der Waals surface area contributed by atoms with Crippen LogP contribution in [0.4, 0.5) is 5.69 Å². The standard InChI is InChI=1S/C12H15N3O4S2/c13-8-9-1-2-12(11(14)7-9)21(18,19)15-10-3-5-20(16,17)6-4-10/h1-2,7,10,15H,3-6,14H2. The molecule has 1 fully saturated rings. The van der Waals surface area contributed by atoms with Crippen molar-refractivity contribution in [1.82, 2.24) is 4.72 Å². The summed E-state index contributed by atoms with van der Waals surface area (Å²) in [5.74, 6) is -0.0495. The van der Waals surface area contributed by atoms with Gasteiger partial charge in [0, 0.05) is 6.04 Å². The molecule has 1 saturated heterocycles. The molecule has 0 amide bonds. The summed E-state index contributed by atoms with van der Waals surface area (Å²) in [6, 6.07) is 5.39. The van der Waals surface area contributed by atoms with Crippen molar-refractivity contribution < 1.29 is 16.8 Å². The Kier molecular flexibility index (Phi) is 4.22. The predicted molar refractivity (Wildman–Crippen MR) is 77.6 cm³/mol. The van der Waals surface area contributed by atoms with Crippen molar-refractivity contribution in [3.63, 3.8) is 0 Å². The van der Waals surface area contributed by atoms with Gasteiger partial charge in [-0.15, -0.1) is 0 Å². The molecule has 1 aromatic carbocycles. The van der Waals surface area contributed by atoms with Gasteiger partial charge >= 0.3 is 0 Å². The van der Waals surface area contributed by atoms with Crippen LogP contribution in [0.2, 0.25) is 0 Å². The zero-order valence-corrected chi connectivity index (χ0v) is 12.7. The van der Waals surface area contributed by atoms with Crippen molar-refractivity contribution in [2.75, 3.05) is 17.2 Å². The predicted octanol–water partition coefficient (Wildman–Crippen LogP) is -0.00402. The third-order valence-corrected chi connectivity index (χ3v) is 6.61. The van der Waals surface area contributed by atoms with E-state index in [4.69, 9.17) is 11.0 Å². The Morgan fingerprint density at radius 1 is 1.29 bits per heavy atom. The van der Waals surface area contributed by atoms with E-state index in [-0.39, 0.29) is 40.5 Å². The summed E-state index contributed by atoms with van der Waals surface area (Å²) in [6.45, 7) is 0. The van der Waals surface area contributed by atoms with Crippen LogP contribution in [0.25, 0.3) is 0 Å². The summed E-state index contributed by atoms with van der Waals surface area (Å²) in [5, 5.41) is 8.74. The van der Waals surface area contributed by atoms with E-state index in [1.54, 1.807) is 0 Å². The lowest BCUT2D eigenvalue weighted by molar-refractivity contribution is 0.505. The molecule has 114 valence electrons. The first-order valence-corrected chi connectivity index (χ1v) is 9.56. The van der Waals surface area contributed by atoms with E-state index in [0.29, 0.717) is 0 Å². The van der Waals surface area contributed by atoms with E-state index in [1.165, 1.54) is 18.2 Å². The summed E-state index contributed by atoms with van der Waals surface area (Å²) in [6.07, 6.45) is 0.496. The maximum Gasteiger partial charge on any atom is 0.242 e. The number of nitriles is 1. The monoisotopic (exact) mass is 329 g/mol. The van der Waals surface area contributed by atoms with Crippen molar-refractivity contribution in [3.8, 4) is 6.07 Å². The van der Waals surface area contributed by atoms with E-state index in [2.05, 4.69) is 4.72 Å².